The molecule has 5 aromatic carbocycles. The van der Waals surface area contributed by atoms with E-state index in [-0.39, 0.29) is 46.2 Å². The maximum Gasteiger partial charge on any atom is 0.330 e. The van der Waals surface area contributed by atoms with Gasteiger partial charge in [-0.1, -0.05) is 55.2 Å². The SMILES string of the molecule is CC(C)C[C@@H](N)C(=O)NC1C(=O)NC(CC(N)=O)C(=O)N[C@H]2C(=O)NC3C(=O)N[C@H](C(=O)N[C@@H](C(=O)O)c4cc(O)cc(O)c4-c4cc3ccc4O)[C@H](O)c3ccc(c(Cl)c3)Oc3cc2cc(c3OC2OC(O)(CO)CC(O)C2OC2CC(C)(N)C(O)C(C)O2)Oc2ccc(cc2Cl)[C@H]1O. The summed E-state index contributed by atoms with van der Waals surface area (Å²) in [5, 5.41) is 127. The highest BCUT2D eigenvalue weighted by molar-refractivity contribution is 6.32. The zero-order chi connectivity index (χ0) is 72.9. The van der Waals surface area contributed by atoms with E-state index >= 15 is 14.4 Å². The number of benzene rings is 5. The summed E-state index contributed by atoms with van der Waals surface area (Å²) in [6.45, 7) is 5.33. The van der Waals surface area contributed by atoms with Crippen LogP contribution in [0, 0.1) is 5.92 Å². The van der Waals surface area contributed by atoms with Crippen molar-refractivity contribution in [1.29, 1.82) is 0 Å². The number of rotatable bonds is 12. The van der Waals surface area contributed by atoms with Crippen molar-refractivity contribution in [3.8, 4) is 57.1 Å². The van der Waals surface area contributed by atoms with Gasteiger partial charge in [-0.15, -0.1) is 0 Å². The Kier molecular flexibility index (Phi) is 21.4. The van der Waals surface area contributed by atoms with Crippen LogP contribution in [0.5, 0.6) is 46.0 Å². The smallest absolute Gasteiger partial charge is 0.330 e. The van der Waals surface area contributed by atoms with Gasteiger partial charge in [-0.2, -0.15) is 0 Å². The number of aromatic hydroxyl groups is 3. The van der Waals surface area contributed by atoms with E-state index in [0.29, 0.717) is 0 Å². The molecule has 11 bridgehead atoms. The van der Waals surface area contributed by atoms with Crippen molar-refractivity contribution in [2.75, 3.05) is 6.61 Å². The molecule has 17 atom stereocenters. The number of hydrogen-bond acceptors (Lipinski definition) is 25. The number of ether oxygens (including phenoxy) is 6. The number of carbonyl (C=O) groups is 8. The molecule has 5 aromatic rings. The first-order chi connectivity index (χ1) is 47.0. The molecule has 2 saturated heterocycles. The largest absolute Gasteiger partial charge is 0.508 e. The van der Waals surface area contributed by atoms with Crippen molar-refractivity contribution in [3.63, 3.8) is 0 Å². The summed E-state index contributed by atoms with van der Waals surface area (Å²) in [7, 11) is 0. The summed E-state index contributed by atoms with van der Waals surface area (Å²) in [5.41, 5.74) is 14.1. The molecule has 12 rings (SSSR count). The second-order valence-corrected chi connectivity index (χ2v) is 26.4. The fourth-order valence-electron chi connectivity index (χ4n) is 12.3. The van der Waals surface area contributed by atoms with Crippen molar-refractivity contribution >= 4 is 70.5 Å². The minimum absolute atomic E-state index is 0.0725. The van der Waals surface area contributed by atoms with E-state index in [2.05, 4.69) is 31.9 Å². The van der Waals surface area contributed by atoms with Crippen LogP contribution in [-0.2, 0) is 52.6 Å². The van der Waals surface area contributed by atoms with Gasteiger partial charge >= 0.3 is 5.97 Å². The van der Waals surface area contributed by atoms with Crippen LogP contribution in [0.1, 0.15) is 112 Å². The number of nitrogens with two attached hydrogens (primary N) is 3. The Bertz CT molecular complexity index is 4070. The Labute approximate surface area is 577 Å². The molecule has 536 valence electrons. The molecule has 35 heteroatoms. The Morgan fingerprint density at radius 3 is 1.92 bits per heavy atom. The van der Waals surface area contributed by atoms with Crippen LogP contribution in [0.15, 0.2) is 78.9 Å². The fraction of sp³-hybridized carbons (Fsp3) is 0.415. The quantitative estimate of drug-likeness (QED) is 0.0793. The second-order valence-electron chi connectivity index (χ2n) is 25.6. The summed E-state index contributed by atoms with van der Waals surface area (Å²) in [4.78, 5) is 116. The topological polar surface area (TPSA) is 544 Å². The third-order valence-corrected chi connectivity index (χ3v) is 18.0. The van der Waals surface area contributed by atoms with Gasteiger partial charge in [0.15, 0.2) is 29.6 Å². The number of primary amides is 1. The molecular formula is C65H73Cl2N9O24. The lowest BCUT2D eigenvalue weighted by molar-refractivity contribution is -0.374. The van der Waals surface area contributed by atoms with Crippen LogP contribution in [-0.4, -0.2) is 177 Å². The predicted octanol–water partition coefficient (Wildman–Crippen LogP) is 0.195. The summed E-state index contributed by atoms with van der Waals surface area (Å²) in [5.74, 6) is -19.1. The molecule has 7 amide bonds. The molecule has 0 saturated carbocycles. The Morgan fingerprint density at radius 2 is 1.33 bits per heavy atom. The van der Waals surface area contributed by atoms with Crippen LogP contribution >= 0.6 is 23.2 Å². The number of carboxylic acid groups (broad SMARTS) is 1. The monoisotopic (exact) mass is 1430 g/mol. The molecule has 2 fully saturated rings. The minimum Gasteiger partial charge on any atom is -0.508 e. The summed E-state index contributed by atoms with van der Waals surface area (Å²) in [6.07, 6.45) is -15.7. The van der Waals surface area contributed by atoms with Gasteiger partial charge in [-0.3, -0.25) is 33.6 Å². The first-order valence-electron chi connectivity index (χ1n) is 31.1. The molecule has 7 heterocycles. The van der Waals surface area contributed by atoms with Gasteiger partial charge in [0.05, 0.1) is 47.4 Å². The zero-order valence-corrected chi connectivity index (χ0v) is 55.0. The number of carboxylic acids is 1. The van der Waals surface area contributed by atoms with Crippen molar-refractivity contribution in [3.05, 3.63) is 117 Å². The summed E-state index contributed by atoms with van der Waals surface area (Å²) in [6, 6.07) is -1.28. The third-order valence-electron chi connectivity index (χ3n) is 17.4. The maximum atomic E-state index is 16.0. The van der Waals surface area contributed by atoms with E-state index in [4.69, 9.17) is 68.8 Å². The van der Waals surface area contributed by atoms with Gasteiger partial charge in [0.2, 0.25) is 53.4 Å². The average molecular weight is 1440 g/mol. The number of fused-ring (bicyclic) bond motifs is 15. The Morgan fingerprint density at radius 1 is 0.730 bits per heavy atom. The van der Waals surface area contributed by atoms with E-state index in [1.807, 2.05) is 0 Å². The van der Waals surface area contributed by atoms with Gasteiger partial charge in [0.1, 0.15) is 77.3 Å². The molecule has 7 aliphatic heterocycles. The Hall–Kier alpha value is -9.20. The van der Waals surface area contributed by atoms with Gasteiger partial charge in [0.25, 0.3) is 0 Å². The van der Waals surface area contributed by atoms with Crippen molar-refractivity contribution < 1.29 is 118 Å². The number of nitrogens with one attached hydrogen (secondary N) is 6. The highest BCUT2D eigenvalue weighted by atomic mass is 35.5. The predicted molar refractivity (Wildman–Crippen MR) is 344 cm³/mol. The van der Waals surface area contributed by atoms with E-state index in [9.17, 15) is 75.0 Å². The molecule has 0 radical (unpaired) electrons. The van der Waals surface area contributed by atoms with Crippen LogP contribution in [0.3, 0.4) is 0 Å². The van der Waals surface area contributed by atoms with Crippen LogP contribution in [0.4, 0.5) is 0 Å². The molecule has 11 unspecified atom stereocenters. The number of halogens is 2. The summed E-state index contributed by atoms with van der Waals surface area (Å²) < 4.78 is 38.1. The highest BCUT2D eigenvalue weighted by Gasteiger charge is 2.52. The number of aliphatic carboxylic acids is 1. The van der Waals surface area contributed by atoms with Crippen molar-refractivity contribution in [2.24, 2.45) is 23.1 Å². The lowest BCUT2D eigenvalue weighted by Gasteiger charge is -2.47. The van der Waals surface area contributed by atoms with E-state index in [0.717, 1.165) is 72.8 Å². The molecule has 22 N–H and O–H groups in total. The van der Waals surface area contributed by atoms with Crippen LogP contribution < -0.4 is 63.3 Å². The number of carbonyl (C=O) groups excluding carboxylic acids is 7. The lowest BCUT2D eigenvalue weighted by Crippen LogP contribution is -2.63. The van der Waals surface area contributed by atoms with E-state index < -0.39 is 237 Å². The standard InChI is InChI=1S/C65H73Cl2N9O24/c1-23(2)11-34(68)56(86)75-49-51(83)26-6-9-39(32(66)13-26)96-41-15-28-16-42(54(41)99-63-53(38(81)20-65(94,22-77)100-63)98-44-21-64(4,70)55(85)24(3)95-44)97-40-10-7-27(14-33(40)67)52(84)50-61(91)74-48(62(92)93)31-17-29(78)18-37(80)45(31)30-12-25(5-8-36(30)79)46(58(88)76-50)73-59(89)47(28)72-57(87)35(19-43(69)82)71-60(49)90/h5-10,12-18,23-24,34-35,38,44,46-53,55,63,77-81,83-85,94H,11,19-22,68,70H2,1-4H3,(H2,69,82)(H,71,90)(H,72,87)(H,73,89)(H,74,91)(H,75,86)(H,76,88)(H,92,93)/t24?,34-,35?,38?,44?,46?,47-,48-,49?,50+,51-,52-,53?,55?,63?,64?,65?/m1/s1. The number of aliphatic hydroxyl groups excluding tert-OH is 5. The van der Waals surface area contributed by atoms with E-state index in [1.165, 1.54) is 19.9 Å². The second kappa shape index (κ2) is 29.2. The lowest BCUT2D eigenvalue weighted by atomic mass is 9.86. The first-order valence-corrected chi connectivity index (χ1v) is 31.9. The van der Waals surface area contributed by atoms with Gasteiger partial charge in [-0.05, 0) is 103 Å². The fourth-order valence-corrected chi connectivity index (χ4v) is 12.7. The van der Waals surface area contributed by atoms with Gasteiger partial charge in [-0.25, -0.2) is 4.79 Å². The summed E-state index contributed by atoms with van der Waals surface area (Å²) >= 11 is 14.1. The molecule has 33 nitrogen and oxygen atoms in total. The van der Waals surface area contributed by atoms with Crippen LogP contribution in [0.2, 0.25) is 10.0 Å². The Balaban J connectivity index is 1.24. The number of hydrogen-bond donors (Lipinski definition) is 19. The van der Waals surface area contributed by atoms with Gasteiger partial charge in [0, 0.05) is 41.1 Å². The van der Waals surface area contributed by atoms with Gasteiger partial charge < -0.3 is 129 Å². The highest BCUT2D eigenvalue weighted by Crippen LogP contribution is 2.50. The zero-order valence-electron chi connectivity index (χ0n) is 53.5. The first kappa shape index (κ1) is 73.5. The number of aliphatic hydroxyl groups is 6. The molecule has 0 aromatic heterocycles. The van der Waals surface area contributed by atoms with Crippen molar-refractivity contribution in [2.45, 2.75) is 156 Å². The van der Waals surface area contributed by atoms with Crippen LogP contribution in [0.25, 0.3) is 11.1 Å². The maximum absolute atomic E-state index is 16.0. The molecule has 0 aliphatic carbocycles. The number of amides is 7. The van der Waals surface area contributed by atoms with E-state index in [1.54, 1.807) is 13.8 Å². The molecule has 7 aliphatic rings. The minimum atomic E-state index is -2.64. The average Bonchev–Trinajstić information content (AvgIpc) is 0.767. The van der Waals surface area contributed by atoms with Crippen molar-refractivity contribution in [1.82, 2.24) is 31.9 Å². The number of phenolic OH excluding ortho intramolecular Hbond substituents is 3. The third kappa shape index (κ3) is 15.6. The molecule has 100 heavy (non-hydrogen) atoms. The normalized spacial score (nSPS) is 29.6. The molecule has 0 spiro atoms. The molecular weight excluding hydrogens is 1360 g/mol. The number of phenols is 3.